The molecule has 0 fully saturated rings. The summed E-state index contributed by atoms with van der Waals surface area (Å²) in [6.45, 7) is 1.47. The smallest absolute Gasteiger partial charge is 0.451 e. The number of esters is 1. The first-order valence-corrected chi connectivity index (χ1v) is 11.1. The minimum atomic E-state index is -4.62. The molecule has 0 spiro atoms. The van der Waals surface area contributed by atoms with E-state index in [-0.39, 0.29) is 31.3 Å². The van der Waals surface area contributed by atoms with Crippen LogP contribution in [-0.4, -0.2) is 61.0 Å². The number of aryl methyl sites for hydroxylation is 1. The Morgan fingerprint density at radius 3 is 2.74 bits per heavy atom. The third kappa shape index (κ3) is 4.65. The van der Waals surface area contributed by atoms with Crippen molar-refractivity contribution in [1.82, 2.24) is 24.7 Å². The summed E-state index contributed by atoms with van der Waals surface area (Å²) in [5.74, 6) is -2.95. The van der Waals surface area contributed by atoms with E-state index in [1.165, 1.54) is 11.3 Å². The molecule has 0 saturated heterocycles. The summed E-state index contributed by atoms with van der Waals surface area (Å²) in [6, 6.07) is 1.89. The lowest BCUT2D eigenvalue weighted by atomic mass is 10.2. The maximum Gasteiger partial charge on any atom is 0.451 e. The molecule has 0 radical (unpaired) electrons. The fourth-order valence-electron chi connectivity index (χ4n) is 3.51. The Morgan fingerprint density at radius 1 is 1.29 bits per heavy atom. The van der Waals surface area contributed by atoms with Crippen LogP contribution in [0.25, 0.3) is 10.2 Å². The average Bonchev–Trinajstić information content (AvgIpc) is 3.39. The van der Waals surface area contributed by atoms with Crippen LogP contribution in [0.5, 0.6) is 0 Å². The van der Waals surface area contributed by atoms with E-state index in [9.17, 15) is 27.9 Å². The van der Waals surface area contributed by atoms with E-state index in [0.29, 0.717) is 16.0 Å². The lowest BCUT2D eigenvalue weighted by molar-refractivity contribution is -0.147. The number of nitrogens with two attached hydrogens (primary N) is 1. The third-order valence-electron chi connectivity index (χ3n) is 5.11. The number of aliphatic hydroxyl groups excluding tert-OH is 1. The first kappa shape index (κ1) is 23.8. The van der Waals surface area contributed by atoms with Gasteiger partial charge in [-0.3, -0.25) is 4.79 Å². The van der Waals surface area contributed by atoms with E-state index >= 15 is 0 Å². The molecule has 1 aliphatic heterocycles. The molecule has 4 rings (SSSR count). The van der Waals surface area contributed by atoms with Crippen molar-refractivity contribution in [2.45, 2.75) is 45.1 Å². The standard InChI is InChI=1S/C19H20F3N7O4S/c1-2-3-9-6-10-15(28-4-5-29-12(7-28)26-27-18(29)19(20,21)22)24-14(25-16(10)34-9)17(32)33-8-11(30)13(23)31/h6,11,30H,2-5,7-8H2,1H3,(H2,23,31). The number of alkyl halides is 3. The number of rotatable bonds is 7. The van der Waals surface area contributed by atoms with Gasteiger partial charge in [-0.25, -0.2) is 14.8 Å². The molecule has 0 bridgehead atoms. The monoisotopic (exact) mass is 499 g/mol. The zero-order chi connectivity index (χ0) is 24.6. The molecular weight excluding hydrogens is 479 g/mol. The molecule has 3 aromatic rings. The number of thiophene rings is 1. The van der Waals surface area contributed by atoms with Crippen LogP contribution in [0.4, 0.5) is 19.0 Å². The second-order valence-corrected chi connectivity index (χ2v) is 8.69. The average molecular weight is 499 g/mol. The van der Waals surface area contributed by atoms with Crippen LogP contribution in [0.3, 0.4) is 0 Å². The van der Waals surface area contributed by atoms with Crippen LogP contribution in [0, 0.1) is 0 Å². The molecule has 34 heavy (non-hydrogen) atoms. The molecule has 1 atom stereocenters. The van der Waals surface area contributed by atoms with Gasteiger partial charge in [0.2, 0.25) is 17.6 Å². The van der Waals surface area contributed by atoms with Crippen molar-refractivity contribution in [3.05, 3.63) is 28.4 Å². The Hall–Kier alpha value is -3.33. The van der Waals surface area contributed by atoms with Crippen molar-refractivity contribution in [2.75, 3.05) is 18.1 Å². The number of ether oxygens (including phenoxy) is 1. The molecule has 11 nitrogen and oxygen atoms in total. The van der Waals surface area contributed by atoms with E-state index in [4.69, 9.17) is 10.5 Å². The van der Waals surface area contributed by atoms with Crippen LogP contribution in [0.15, 0.2) is 6.07 Å². The number of anilines is 1. The van der Waals surface area contributed by atoms with Gasteiger partial charge in [-0.05, 0) is 12.5 Å². The van der Waals surface area contributed by atoms with E-state index < -0.39 is 36.6 Å². The molecule has 1 unspecified atom stereocenters. The molecule has 182 valence electrons. The lowest BCUT2D eigenvalue weighted by Crippen LogP contribution is -2.36. The molecular formula is C19H20F3N7O4S. The van der Waals surface area contributed by atoms with Gasteiger partial charge in [0.05, 0.1) is 11.9 Å². The van der Waals surface area contributed by atoms with Crippen LogP contribution < -0.4 is 10.6 Å². The maximum absolute atomic E-state index is 13.2. The molecule has 1 amide bonds. The van der Waals surface area contributed by atoms with E-state index in [1.807, 2.05) is 13.0 Å². The van der Waals surface area contributed by atoms with Gasteiger partial charge in [0.25, 0.3) is 0 Å². The minimum Gasteiger partial charge on any atom is -0.456 e. The number of nitrogens with zero attached hydrogens (tertiary/aromatic N) is 6. The van der Waals surface area contributed by atoms with Crippen molar-refractivity contribution >= 4 is 39.2 Å². The number of carbonyl (C=O) groups excluding carboxylic acids is 2. The largest absolute Gasteiger partial charge is 0.456 e. The van der Waals surface area contributed by atoms with Crippen molar-refractivity contribution in [2.24, 2.45) is 5.73 Å². The molecule has 15 heteroatoms. The van der Waals surface area contributed by atoms with Gasteiger partial charge >= 0.3 is 12.1 Å². The fraction of sp³-hybridized carbons (Fsp3) is 0.474. The highest BCUT2D eigenvalue weighted by atomic mass is 32.1. The van der Waals surface area contributed by atoms with Crippen molar-refractivity contribution in [3.8, 4) is 0 Å². The Labute approximate surface area is 194 Å². The molecule has 0 saturated carbocycles. The van der Waals surface area contributed by atoms with Crippen LogP contribution >= 0.6 is 11.3 Å². The normalized spacial score (nSPS) is 14.8. The number of hydrogen-bond donors (Lipinski definition) is 2. The van der Waals surface area contributed by atoms with Crippen molar-refractivity contribution in [1.29, 1.82) is 0 Å². The zero-order valence-electron chi connectivity index (χ0n) is 17.9. The Bertz CT molecular complexity index is 1240. The summed E-state index contributed by atoms with van der Waals surface area (Å²) in [5.41, 5.74) is 4.96. The predicted molar refractivity (Wildman–Crippen MR) is 113 cm³/mol. The van der Waals surface area contributed by atoms with Crippen LogP contribution in [0.2, 0.25) is 0 Å². The topological polar surface area (TPSA) is 149 Å². The lowest BCUT2D eigenvalue weighted by Gasteiger charge is -2.29. The minimum absolute atomic E-state index is 0.0109. The van der Waals surface area contributed by atoms with E-state index in [0.717, 1.165) is 22.3 Å². The summed E-state index contributed by atoms with van der Waals surface area (Å²) in [7, 11) is 0. The van der Waals surface area contributed by atoms with E-state index in [1.54, 1.807) is 4.90 Å². The third-order valence-corrected chi connectivity index (χ3v) is 6.20. The number of aromatic nitrogens is 5. The number of hydrogen-bond acceptors (Lipinski definition) is 10. The number of aliphatic hydroxyl groups is 1. The van der Waals surface area contributed by atoms with Gasteiger partial charge in [-0.1, -0.05) is 13.3 Å². The molecule has 1 aliphatic rings. The molecule has 3 aromatic heterocycles. The predicted octanol–water partition coefficient (Wildman–Crippen LogP) is 1.28. The van der Waals surface area contributed by atoms with Gasteiger partial charge in [0.15, 0.2) is 11.9 Å². The SMILES string of the molecule is CCCc1cc2c(N3CCn4c(nnc4C(F)(F)F)C3)nc(C(=O)OCC(O)C(N)=O)nc2s1. The molecule has 4 heterocycles. The van der Waals surface area contributed by atoms with Gasteiger partial charge in [0.1, 0.15) is 17.3 Å². The maximum atomic E-state index is 13.2. The van der Waals surface area contributed by atoms with Gasteiger partial charge in [-0.15, -0.1) is 21.5 Å². The number of fused-ring (bicyclic) bond motifs is 2. The number of carbonyl (C=O) groups is 2. The van der Waals surface area contributed by atoms with Crippen molar-refractivity contribution < 1.29 is 32.6 Å². The van der Waals surface area contributed by atoms with Gasteiger partial charge in [-0.2, -0.15) is 13.2 Å². The Morgan fingerprint density at radius 2 is 2.06 bits per heavy atom. The highest BCUT2D eigenvalue weighted by Crippen LogP contribution is 2.35. The summed E-state index contributed by atoms with van der Waals surface area (Å²) in [5, 5.41) is 17.1. The van der Waals surface area contributed by atoms with Gasteiger partial charge < -0.3 is 25.0 Å². The first-order valence-electron chi connectivity index (χ1n) is 10.3. The Kier molecular flexibility index (Phi) is 6.40. The first-order chi connectivity index (χ1) is 16.1. The summed E-state index contributed by atoms with van der Waals surface area (Å²) in [6.07, 6.45) is -4.65. The van der Waals surface area contributed by atoms with E-state index in [2.05, 4.69) is 20.2 Å². The van der Waals surface area contributed by atoms with Crippen LogP contribution in [0.1, 0.15) is 40.5 Å². The second-order valence-electron chi connectivity index (χ2n) is 7.58. The summed E-state index contributed by atoms with van der Waals surface area (Å²) >= 11 is 1.36. The fourth-order valence-corrected chi connectivity index (χ4v) is 4.63. The molecule has 3 N–H and O–H groups in total. The molecule has 0 aromatic carbocycles. The zero-order valence-corrected chi connectivity index (χ0v) is 18.7. The quantitative estimate of drug-likeness (QED) is 0.458. The Balaban J connectivity index is 1.68. The highest BCUT2D eigenvalue weighted by molar-refractivity contribution is 7.18. The molecule has 0 aliphatic carbocycles. The highest BCUT2D eigenvalue weighted by Gasteiger charge is 2.40. The summed E-state index contributed by atoms with van der Waals surface area (Å²) in [4.78, 5) is 35.3. The number of amides is 1. The number of halogens is 3. The van der Waals surface area contributed by atoms with Crippen molar-refractivity contribution in [3.63, 3.8) is 0 Å². The van der Waals surface area contributed by atoms with Gasteiger partial charge in [0, 0.05) is 18.0 Å². The van der Waals surface area contributed by atoms with Crippen LogP contribution in [-0.2, 0) is 35.2 Å². The second kappa shape index (κ2) is 9.13. The number of primary amides is 1. The summed E-state index contributed by atoms with van der Waals surface area (Å²) < 4.78 is 45.5.